The zero-order chi connectivity index (χ0) is 49.7. The molecule has 0 aliphatic carbocycles. The second-order valence-corrected chi connectivity index (χ2v) is 19.6. The highest BCUT2D eigenvalue weighted by molar-refractivity contribution is 7.80. The van der Waals surface area contributed by atoms with Gasteiger partial charge in [-0.05, 0) is 89.4 Å². The lowest BCUT2D eigenvalue weighted by Gasteiger charge is -2.34. The number of hydrogen-bond donors (Lipinski definition) is 10. The number of aliphatic hydroxyl groups is 2. The van der Waals surface area contributed by atoms with Crippen molar-refractivity contribution in [3.63, 3.8) is 0 Å². The number of carboxylic acid groups (broad SMARTS) is 1. The van der Waals surface area contributed by atoms with Crippen LogP contribution < -0.4 is 32.3 Å². The number of carbonyl (C=O) groups is 9. The third-order valence-electron chi connectivity index (χ3n) is 12.1. The van der Waals surface area contributed by atoms with Gasteiger partial charge in [0.1, 0.15) is 48.3 Å². The van der Waals surface area contributed by atoms with Crippen molar-refractivity contribution >= 4 is 65.9 Å². The lowest BCUT2D eigenvalue weighted by molar-refractivity contribution is -0.151. The number of carbonyl (C=O) groups excluding carboxylic acids is 8. The fourth-order valence-corrected chi connectivity index (χ4v) is 9.01. The molecule has 22 heteroatoms. The molecule has 0 aromatic heterocycles. The van der Waals surface area contributed by atoms with Gasteiger partial charge in [-0.1, -0.05) is 41.5 Å². The summed E-state index contributed by atoms with van der Waals surface area (Å²) in [5.41, 5.74) is 6.00. The molecular formula is C44H75N9O12S. The van der Waals surface area contributed by atoms with Crippen LogP contribution in [0.2, 0.25) is 0 Å². The monoisotopic (exact) mass is 954 g/mol. The summed E-state index contributed by atoms with van der Waals surface area (Å²) in [6.45, 7) is 14.2. The molecule has 66 heavy (non-hydrogen) atoms. The first kappa shape index (κ1) is 55.8. The summed E-state index contributed by atoms with van der Waals surface area (Å²) >= 11 is 4.36. The lowest BCUT2D eigenvalue weighted by Crippen LogP contribution is -2.61. The maximum Gasteiger partial charge on any atom is 0.326 e. The van der Waals surface area contributed by atoms with Gasteiger partial charge in [0.25, 0.3) is 0 Å². The molecule has 0 aromatic carbocycles. The molecule has 3 aliphatic heterocycles. The van der Waals surface area contributed by atoms with Crippen LogP contribution in [0.15, 0.2) is 0 Å². The Morgan fingerprint density at radius 3 is 1.45 bits per heavy atom. The molecule has 374 valence electrons. The van der Waals surface area contributed by atoms with E-state index in [0.717, 1.165) is 4.90 Å². The van der Waals surface area contributed by atoms with Crippen LogP contribution in [0.3, 0.4) is 0 Å². The number of rotatable bonds is 23. The number of aliphatic carboxylic acids is 1. The van der Waals surface area contributed by atoms with Crippen LogP contribution in [0.5, 0.6) is 0 Å². The Kier molecular flexibility index (Phi) is 21.6. The number of carboxylic acids is 1. The van der Waals surface area contributed by atoms with E-state index in [4.69, 9.17) is 5.73 Å². The Bertz CT molecular complexity index is 1750. The first-order valence-electron chi connectivity index (χ1n) is 23.3. The van der Waals surface area contributed by atoms with Gasteiger partial charge in [0, 0.05) is 25.4 Å². The first-order chi connectivity index (χ1) is 30.9. The van der Waals surface area contributed by atoms with Crippen molar-refractivity contribution in [2.75, 3.05) is 25.4 Å². The SMILES string of the molecule is CC(C)C[C@H](NC(=O)[C@H](CC(C)C)NC(=O)[C@@H](NC(=O)[C@@H](N)CC(C)C)[C@@H](C)O)C(=O)N[C@@H](CS)C(=O)N1CCC[C@H]1C(=O)N1CCC[C@H]1C(=O)N[C@H](C(=O)N1CCC[C@H]1C(=O)O)[C@@H](C)O. The van der Waals surface area contributed by atoms with Gasteiger partial charge >= 0.3 is 5.97 Å². The molecule has 0 spiro atoms. The number of hydrogen-bond acceptors (Lipinski definition) is 13. The van der Waals surface area contributed by atoms with Crippen LogP contribution in [0.1, 0.15) is 113 Å². The predicted molar refractivity (Wildman–Crippen MR) is 245 cm³/mol. The molecule has 3 heterocycles. The normalized spacial score (nSPS) is 22.2. The zero-order valence-electron chi connectivity index (χ0n) is 39.7. The van der Waals surface area contributed by atoms with Gasteiger partial charge in [0.05, 0.1) is 18.2 Å². The van der Waals surface area contributed by atoms with E-state index < -0.39 is 120 Å². The van der Waals surface area contributed by atoms with Crippen molar-refractivity contribution in [1.82, 2.24) is 41.3 Å². The van der Waals surface area contributed by atoms with Crippen molar-refractivity contribution in [2.24, 2.45) is 23.5 Å². The van der Waals surface area contributed by atoms with E-state index >= 15 is 0 Å². The Morgan fingerprint density at radius 1 is 0.545 bits per heavy atom. The fraction of sp³-hybridized carbons (Fsp3) is 0.795. The number of aliphatic hydroxyl groups excluding tert-OH is 2. The van der Waals surface area contributed by atoms with Gasteiger partial charge in [-0.3, -0.25) is 38.4 Å². The van der Waals surface area contributed by atoms with Crippen LogP contribution >= 0.6 is 12.6 Å². The second kappa shape index (κ2) is 25.6. The van der Waals surface area contributed by atoms with E-state index in [1.165, 1.54) is 23.6 Å². The smallest absolute Gasteiger partial charge is 0.326 e. The lowest BCUT2D eigenvalue weighted by atomic mass is 9.99. The van der Waals surface area contributed by atoms with Crippen LogP contribution in [-0.2, 0) is 43.2 Å². The highest BCUT2D eigenvalue weighted by atomic mass is 32.1. The quantitative estimate of drug-likeness (QED) is 0.0530. The standard InChI is InChI=1S/C44H75N9O12S/c1-22(2)18-27(45)36(56)49-34(25(7)54)40(60)47-29(20-24(5)6)37(57)46-28(19-23(3)4)38(58)48-30(21-66)41(61)52-16-10-13-32(52)42(62)51-15-9-12-31(51)39(59)50-35(26(8)55)43(63)53-17-11-14-33(53)44(64)65/h22-35,54-55,66H,9-21,45H2,1-8H3,(H,46,57)(H,47,60)(H,48,58)(H,49,56)(H,50,59)(H,64,65)/t25-,26-,27+,28+,29+,30+,31+,32+,33+,34+,35+/m1/s1. The number of amides is 8. The number of nitrogens with zero attached hydrogens (tertiary/aromatic N) is 3. The minimum atomic E-state index is -1.45. The summed E-state index contributed by atoms with van der Waals surface area (Å²) in [4.78, 5) is 125. The van der Waals surface area contributed by atoms with Crippen LogP contribution in [0, 0.1) is 17.8 Å². The maximum absolute atomic E-state index is 14.2. The number of likely N-dealkylation sites (tertiary alicyclic amines) is 3. The average molecular weight is 954 g/mol. The molecule has 3 saturated heterocycles. The Balaban J connectivity index is 1.74. The number of thiol groups is 1. The topological polar surface area (TPSA) is 310 Å². The van der Waals surface area contributed by atoms with E-state index in [9.17, 15) is 58.5 Å². The van der Waals surface area contributed by atoms with Gasteiger partial charge in [-0.15, -0.1) is 0 Å². The zero-order valence-corrected chi connectivity index (χ0v) is 40.6. The van der Waals surface area contributed by atoms with Gasteiger partial charge in [-0.25, -0.2) is 4.79 Å². The van der Waals surface area contributed by atoms with Gasteiger partial charge in [0.15, 0.2) is 0 Å². The van der Waals surface area contributed by atoms with Crippen molar-refractivity contribution in [2.45, 2.75) is 180 Å². The molecule has 0 unspecified atom stereocenters. The summed E-state index contributed by atoms with van der Waals surface area (Å²) in [6, 6.07) is -10.5. The molecule has 8 amide bonds. The van der Waals surface area contributed by atoms with Gasteiger partial charge in [0.2, 0.25) is 47.3 Å². The largest absolute Gasteiger partial charge is 0.480 e. The molecule has 0 bridgehead atoms. The molecule has 3 rings (SSSR count). The highest BCUT2D eigenvalue weighted by Crippen LogP contribution is 2.27. The number of nitrogens with one attached hydrogen (secondary N) is 5. The summed E-state index contributed by atoms with van der Waals surface area (Å²) in [7, 11) is 0. The molecule has 21 nitrogen and oxygen atoms in total. The Morgan fingerprint density at radius 2 is 0.985 bits per heavy atom. The van der Waals surface area contributed by atoms with Gasteiger partial charge in [-0.2, -0.15) is 12.6 Å². The maximum atomic E-state index is 14.2. The fourth-order valence-electron chi connectivity index (χ4n) is 8.76. The minimum Gasteiger partial charge on any atom is -0.480 e. The highest BCUT2D eigenvalue weighted by Gasteiger charge is 2.46. The third kappa shape index (κ3) is 15.2. The van der Waals surface area contributed by atoms with E-state index in [1.54, 1.807) is 0 Å². The van der Waals surface area contributed by atoms with Gasteiger partial charge < -0.3 is 62.3 Å². The van der Waals surface area contributed by atoms with Crippen LogP contribution in [-0.4, -0.2) is 175 Å². The molecule has 3 fully saturated rings. The minimum absolute atomic E-state index is 0.0917. The van der Waals surface area contributed by atoms with Crippen molar-refractivity contribution in [3.05, 3.63) is 0 Å². The third-order valence-corrected chi connectivity index (χ3v) is 12.5. The van der Waals surface area contributed by atoms with E-state index in [1.807, 2.05) is 41.5 Å². The predicted octanol–water partition coefficient (Wildman–Crippen LogP) is -1.37. The van der Waals surface area contributed by atoms with E-state index in [-0.39, 0.29) is 75.2 Å². The summed E-state index contributed by atoms with van der Waals surface area (Å²) < 4.78 is 0. The first-order valence-corrected chi connectivity index (χ1v) is 23.9. The van der Waals surface area contributed by atoms with Crippen LogP contribution in [0.4, 0.5) is 0 Å². The Labute approximate surface area is 393 Å². The number of nitrogens with two attached hydrogens (primary N) is 1. The molecular weight excluding hydrogens is 879 g/mol. The molecule has 0 radical (unpaired) electrons. The molecule has 10 N–H and O–H groups in total. The molecule has 0 aromatic rings. The molecule has 11 atom stereocenters. The summed E-state index contributed by atoms with van der Waals surface area (Å²) in [5.74, 6) is -6.97. The van der Waals surface area contributed by atoms with E-state index in [2.05, 4.69) is 39.2 Å². The van der Waals surface area contributed by atoms with E-state index in [0.29, 0.717) is 25.7 Å². The summed E-state index contributed by atoms with van der Waals surface area (Å²) in [6.07, 6.45) is -0.0352. The second-order valence-electron chi connectivity index (χ2n) is 19.2. The van der Waals surface area contributed by atoms with Crippen molar-refractivity contribution in [1.29, 1.82) is 0 Å². The van der Waals surface area contributed by atoms with Crippen molar-refractivity contribution < 1.29 is 58.5 Å². The Hall–Kier alpha value is -4.54. The van der Waals surface area contributed by atoms with Crippen molar-refractivity contribution in [3.8, 4) is 0 Å². The molecule has 0 saturated carbocycles. The molecule has 3 aliphatic rings. The van der Waals surface area contributed by atoms with Crippen LogP contribution in [0.25, 0.3) is 0 Å². The average Bonchev–Trinajstić information content (AvgIpc) is 4.03. The summed E-state index contributed by atoms with van der Waals surface area (Å²) in [5, 5.41) is 43.6.